The van der Waals surface area contributed by atoms with Crippen LogP contribution in [-0.4, -0.2) is 14.7 Å². The summed E-state index contributed by atoms with van der Waals surface area (Å²) in [5, 5.41) is 0. The Morgan fingerprint density at radius 2 is 2.00 bits per heavy atom. The average Bonchev–Trinajstić information content (AvgIpc) is 2.14. The van der Waals surface area contributed by atoms with E-state index in [9.17, 15) is 0 Å². The summed E-state index contributed by atoms with van der Waals surface area (Å²) in [6.07, 6.45) is 2.11. The van der Waals surface area contributed by atoms with E-state index < -0.39 is 8.07 Å². The second-order valence-electron chi connectivity index (χ2n) is 4.81. The summed E-state index contributed by atoms with van der Waals surface area (Å²) < 4.78 is 5.54. The number of hydrogen-bond acceptors (Lipinski definition) is 1. The third kappa shape index (κ3) is 6.95. The van der Waals surface area contributed by atoms with E-state index in [1.165, 1.54) is 5.56 Å². The zero-order valence-electron chi connectivity index (χ0n) is 11.0. The van der Waals surface area contributed by atoms with Crippen molar-refractivity contribution in [2.75, 3.05) is 6.61 Å². The van der Waals surface area contributed by atoms with Crippen LogP contribution in [0.25, 0.3) is 0 Å². The van der Waals surface area contributed by atoms with Crippen molar-refractivity contribution in [3.8, 4) is 5.75 Å². The summed E-state index contributed by atoms with van der Waals surface area (Å²) in [6, 6.07) is 9.02. The molecule has 0 radical (unpaired) electrons. The number of hydrogen-bond donors (Lipinski definition) is 0. The van der Waals surface area contributed by atoms with Gasteiger partial charge in [0, 0.05) is 5.75 Å². The molecule has 3 heteroatoms. The van der Waals surface area contributed by atoms with Crippen LogP contribution in [0.2, 0.25) is 19.6 Å². The van der Waals surface area contributed by atoms with Crippen LogP contribution in [0.4, 0.5) is 0 Å². The summed E-state index contributed by atoms with van der Waals surface area (Å²) in [5.74, 6) is 0.820. The van der Waals surface area contributed by atoms with Gasteiger partial charge in [-0.25, -0.2) is 0 Å². The molecule has 16 heavy (non-hydrogen) atoms. The smallest absolute Gasteiger partial charge is 0.515 e. The van der Waals surface area contributed by atoms with Crippen LogP contribution in [0.5, 0.6) is 5.75 Å². The molecular formula is C13H19LiOSi. The molecule has 0 fully saturated rings. The minimum atomic E-state index is -1.08. The summed E-state index contributed by atoms with van der Waals surface area (Å²) in [5.41, 5.74) is 3.50. The molecule has 0 bridgehead atoms. The fraction of sp³-hybridized carbons (Fsp3) is 0.385. The first-order chi connectivity index (χ1) is 6.97. The normalized spacial score (nSPS) is 11.2. The van der Waals surface area contributed by atoms with Crippen molar-refractivity contribution in [2.45, 2.75) is 26.6 Å². The van der Waals surface area contributed by atoms with Gasteiger partial charge in [0.25, 0.3) is 0 Å². The monoisotopic (exact) mass is 226 g/mol. The topological polar surface area (TPSA) is 9.23 Å². The molecule has 0 amide bonds. The van der Waals surface area contributed by atoms with Crippen LogP contribution < -0.4 is 23.6 Å². The third-order valence-corrected chi connectivity index (χ3v) is 3.13. The Balaban J connectivity index is 0.00000225. The van der Waals surface area contributed by atoms with Crippen molar-refractivity contribution in [3.05, 3.63) is 41.6 Å². The van der Waals surface area contributed by atoms with Crippen molar-refractivity contribution in [1.29, 1.82) is 0 Å². The molecule has 0 N–H and O–H groups in total. The quantitative estimate of drug-likeness (QED) is 0.540. The Kier molecular flexibility index (Phi) is 6.82. The van der Waals surface area contributed by atoms with Gasteiger partial charge < -0.3 is 4.74 Å². The Morgan fingerprint density at radius 3 is 2.50 bits per heavy atom. The molecule has 1 nitrogen and oxygen atoms in total. The van der Waals surface area contributed by atoms with E-state index in [1.54, 1.807) is 0 Å². The molecule has 82 valence electrons. The molecule has 0 atom stereocenters. The van der Waals surface area contributed by atoms with E-state index in [0.29, 0.717) is 6.61 Å². The fourth-order valence-corrected chi connectivity index (χ4v) is 1.92. The zero-order chi connectivity index (χ0) is 11.3. The predicted molar refractivity (Wildman–Crippen MR) is 68.0 cm³/mol. The average molecular weight is 226 g/mol. The molecule has 0 aliphatic heterocycles. The largest absolute Gasteiger partial charge is 1.00 e. The van der Waals surface area contributed by atoms with Gasteiger partial charge in [0.15, 0.2) is 0 Å². The molecule has 1 aromatic rings. The molecule has 0 aliphatic rings. The van der Waals surface area contributed by atoms with Gasteiger partial charge in [0.2, 0.25) is 0 Å². The summed E-state index contributed by atoms with van der Waals surface area (Å²) in [6.45, 7) is 9.61. The number of aryl methyl sites for hydroxylation is 1. The van der Waals surface area contributed by atoms with Gasteiger partial charge in [-0.15, -0.1) is 12.1 Å². The van der Waals surface area contributed by atoms with E-state index in [1.807, 2.05) is 25.1 Å². The second-order valence-corrected chi connectivity index (χ2v) is 9.88. The Morgan fingerprint density at radius 1 is 1.31 bits per heavy atom. The van der Waals surface area contributed by atoms with Gasteiger partial charge in [-0.1, -0.05) is 38.3 Å². The van der Waals surface area contributed by atoms with Crippen molar-refractivity contribution >= 4 is 8.07 Å². The van der Waals surface area contributed by atoms with Gasteiger partial charge in [0.05, 0.1) is 8.07 Å². The van der Waals surface area contributed by atoms with Gasteiger partial charge in [-0.3, -0.25) is 0 Å². The number of ether oxygens (including phenoxy) is 1. The Bertz CT molecular complexity index is 325. The number of rotatable bonds is 4. The van der Waals surface area contributed by atoms with E-state index >= 15 is 0 Å². The van der Waals surface area contributed by atoms with Gasteiger partial charge in [-0.05, 0) is 0 Å². The van der Waals surface area contributed by atoms with E-state index in [2.05, 4.69) is 37.5 Å². The second kappa shape index (κ2) is 7.01. The molecule has 0 heterocycles. The first kappa shape index (κ1) is 15.6. The summed E-state index contributed by atoms with van der Waals surface area (Å²) in [4.78, 5) is 0. The van der Waals surface area contributed by atoms with Crippen molar-refractivity contribution in [1.82, 2.24) is 0 Å². The van der Waals surface area contributed by atoms with Gasteiger partial charge in [-0.2, -0.15) is 17.7 Å². The van der Waals surface area contributed by atoms with Crippen LogP contribution in [-0.2, 0) is 0 Å². The molecule has 1 aromatic carbocycles. The molecule has 0 aliphatic carbocycles. The molecule has 1 rings (SSSR count). The molecule has 0 aromatic heterocycles. The molecular weight excluding hydrogens is 207 g/mol. The van der Waals surface area contributed by atoms with E-state index in [0.717, 1.165) is 5.75 Å². The molecule has 0 saturated heterocycles. The summed E-state index contributed by atoms with van der Waals surface area (Å²) >= 11 is 0. The molecule has 0 unspecified atom stereocenters. The Hall–Kier alpha value is -0.426. The fourth-order valence-electron chi connectivity index (χ4n) is 1.12. The van der Waals surface area contributed by atoms with Crippen molar-refractivity contribution in [2.24, 2.45) is 0 Å². The minimum Gasteiger partial charge on any atom is -0.515 e. The van der Waals surface area contributed by atoms with Crippen LogP contribution in [0.1, 0.15) is 5.56 Å². The molecule has 0 saturated carbocycles. The maximum Gasteiger partial charge on any atom is 1.00 e. The first-order valence-corrected chi connectivity index (χ1v) is 8.84. The SMILES string of the molecule is Cc1c[c-]c(OC/C=C/[Si](C)(C)C)cc1.[Li+]. The number of benzene rings is 1. The van der Waals surface area contributed by atoms with Crippen molar-refractivity contribution in [3.63, 3.8) is 0 Å². The van der Waals surface area contributed by atoms with Crippen LogP contribution in [0.3, 0.4) is 0 Å². The standard InChI is InChI=1S/C13H19OSi.Li/c1-12-6-8-13(9-7-12)14-10-5-11-15(2,3)4;/h5-8,11H,10H2,1-4H3;/q-1;+1/b11-5+;. The van der Waals surface area contributed by atoms with Gasteiger partial charge >= 0.3 is 18.9 Å². The van der Waals surface area contributed by atoms with E-state index in [-0.39, 0.29) is 18.9 Å². The zero-order valence-corrected chi connectivity index (χ0v) is 12.0. The van der Waals surface area contributed by atoms with Gasteiger partial charge in [0.1, 0.15) is 6.61 Å². The predicted octanol–water partition coefficient (Wildman–Crippen LogP) is 0.612. The van der Waals surface area contributed by atoms with Crippen LogP contribution >= 0.6 is 0 Å². The van der Waals surface area contributed by atoms with E-state index in [4.69, 9.17) is 4.74 Å². The minimum absolute atomic E-state index is 0. The summed E-state index contributed by atoms with van der Waals surface area (Å²) in [7, 11) is -1.08. The van der Waals surface area contributed by atoms with Crippen LogP contribution in [0.15, 0.2) is 30.0 Å². The Labute approximate surface area is 112 Å². The van der Waals surface area contributed by atoms with Crippen molar-refractivity contribution < 1.29 is 23.6 Å². The first-order valence-electron chi connectivity index (χ1n) is 5.26. The third-order valence-electron chi connectivity index (χ3n) is 1.89. The maximum absolute atomic E-state index is 5.54. The molecule has 0 spiro atoms. The van der Waals surface area contributed by atoms with Crippen LogP contribution in [0, 0.1) is 13.0 Å². The maximum atomic E-state index is 5.54.